The molecule has 2 atom stereocenters. The van der Waals surface area contributed by atoms with Crippen LogP contribution in [-0.2, 0) is 6.42 Å². The van der Waals surface area contributed by atoms with Crippen LogP contribution < -0.4 is 5.32 Å². The summed E-state index contributed by atoms with van der Waals surface area (Å²) in [6, 6.07) is 12.5. The van der Waals surface area contributed by atoms with E-state index in [1.807, 2.05) is 30.3 Å². The Bertz CT molecular complexity index is 737. The third-order valence-electron chi connectivity index (χ3n) is 3.58. The Hall–Kier alpha value is -2.44. The van der Waals surface area contributed by atoms with E-state index in [1.54, 1.807) is 6.92 Å². The van der Waals surface area contributed by atoms with Crippen LogP contribution in [0, 0.1) is 10.1 Å². The van der Waals surface area contributed by atoms with Crippen molar-refractivity contribution >= 4 is 23.2 Å². The van der Waals surface area contributed by atoms with Gasteiger partial charge in [0.25, 0.3) is 11.6 Å². The molecule has 0 aromatic heterocycles. The smallest absolute Gasteiger partial charge is 0.271 e. The number of aliphatic hydroxyl groups is 1. The molecule has 0 saturated heterocycles. The van der Waals surface area contributed by atoms with Crippen LogP contribution in [0.25, 0.3) is 0 Å². The lowest BCUT2D eigenvalue weighted by molar-refractivity contribution is -0.384. The van der Waals surface area contributed by atoms with Crippen molar-refractivity contribution in [3.8, 4) is 0 Å². The van der Waals surface area contributed by atoms with Gasteiger partial charge in [0.2, 0.25) is 0 Å². The number of nitro benzene ring substituents is 1. The number of nitrogens with one attached hydrogen (secondary N) is 1. The van der Waals surface area contributed by atoms with Crippen LogP contribution >= 0.6 is 11.6 Å². The highest BCUT2D eigenvalue weighted by molar-refractivity contribution is 6.31. The predicted molar refractivity (Wildman–Crippen MR) is 91.2 cm³/mol. The molecule has 24 heavy (non-hydrogen) atoms. The van der Waals surface area contributed by atoms with Gasteiger partial charge in [0.05, 0.1) is 17.1 Å². The summed E-state index contributed by atoms with van der Waals surface area (Å²) in [5.41, 5.74) is 0.766. The Kier molecular flexibility index (Phi) is 5.89. The maximum absolute atomic E-state index is 12.2. The highest BCUT2D eigenvalue weighted by Crippen LogP contribution is 2.21. The van der Waals surface area contributed by atoms with E-state index >= 15 is 0 Å². The number of non-ortho nitro benzene ring substituents is 1. The van der Waals surface area contributed by atoms with Crippen molar-refractivity contribution in [1.82, 2.24) is 5.32 Å². The third-order valence-corrected chi connectivity index (χ3v) is 3.80. The standard InChI is InChI=1S/C17H17ClN2O4/c1-11(16(21)7-12-5-3-2-4-6-12)19-17(22)13-8-14(18)10-15(9-13)20(23)24/h2-6,8-11,16,21H,7H2,1H3,(H,19,22). The monoisotopic (exact) mass is 348 g/mol. The molecule has 2 aromatic carbocycles. The van der Waals surface area contributed by atoms with E-state index in [9.17, 15) is 20.0 Å². The molecule has 2 N–H and O–H groups in total. The topological polar surface area (TPSA) is 92.5 Å². The summed E-state index contributed by atoms with van der Waals surface area (Å²) in [5.74, 6) is -0.528. The number of benzene rings is 2. The SMILES string of the molecule is CC(NC(=O)c1cc(Cl)cc([N+](=O)[O-])c1)C(O)Cc1ccccc1. The van der Waals surface area contributed by atoms with Gasteiger partial charge in [-0.15, -0.1) is 0 Å². The van der Waals surface area contributed by atoms with Crippen LogP contribution in [-0.4, -0.2) is 28.1 Å². The number of carbonyl (C=O) groups is 1. The highest BCUT2D eigenvalue weighted by atomic mass is 35.5. The molecule has 6 nitrogen and oxygen atoms in total. The van der Waals surface area contributed by atoms with Gasteiger partial charge in [0, 0.05) is 29.1 Å². The molecule has 0 saturated carbocycles. The lowest BCUT2D eigenvalue weighted by atomic mass is 10.0. The molecule has 2 aromatic rings. The van der Waals surface area contributed by atoms with Crippen molar-refractivity contribution in [2.75, 3.05) is 0 Å². The van der Waals surface area contributed by atoms with E-state index < -0.39 is 23.0 Å². The van der Waals surface area contributed by atoms with Crippen molar-refractivity contribution in [1.29, 1.82) is 0 Å². The Morgan fingerprint density at radius 2 is 1.96 bits per heavy atom. The second kappa shape index (κ2) is 7.90. The molecule has 2 unspecified atom stereocenters. The predicted octanol–water partition coefficient (Wildman–Crippen LogP) is 2.97. The highest BCUT2D eigenvalue weighted by Gasteiger charge is 2.20. The van der Waals surface area contributed by atoms with E-state index in [1.165, 1.54) is 12.1 Å². The molecule has 0 heterocycles. The van der Waals surface area contributed by atoms with Gasteiger partial charge < -0.3 is 10.4 Å². The molecule has 1 amide bonds. The van der Waals surface area contributed by atoms with Gasteiger partial charge in [-0.2, -0.15) is 0 Å². The van der Waals surface area contributed by atoms with Crippen LogP contribution in [0.4, 0.5) is 5.69 Å². The lowest BCUT2D eigenvalue weighted by Gasteiger charge is -2.20. The second-order valence-electron chi connectivity index (χ2n) is 5.47. The first kappa shape index (κ1) is 17.9. The molecule has 126 valence electrons. The fourth-order valence-electron chi connectivity index (χ4n) is 2.23. The Morgan fingerprint density at radius 3 is 2.58 bits per heavy atom. The number of hydrogen-bond donors (Lipinski definition) is 2. The van der Waals surface area contributed by atoms with Crippen molar-refractivity contribution < 1.29 is 14.8 Å². The van der Waals surface area contributed by atoms with E-state index in [0.717, 1.165) is 11.6 Å². The zero-order valence-corrected chi connectivity index (χ0v) is 13.7. The van der Waals surface area contributed by atoms with Crippen molar-refractivity contribution in [2.24, 2.45) is 0 Å². The van der Waals surface area contributed by atoms with Gasteiger partial charge in [-0.3, -0.25) is 14.9 Å². The summed E-state index contributed by atoms with van der Waals surface area (Å²) in [6.07, 6.45) is -0.400. The number of carbonyl (C=O) groups excluding carboxylic acids is 1. The minimum absolute atomic E-state index is 0.0768. The number of halogens is 1. The Balaban J connectivity index is 2.04. The summed E-state index contributed by atoms with van der Waals surface area (Å²) < 4.78 is 0. The van der Waals surface area contributed by atoms with Crippen LogP contribution in [0.2, 0.25) is 5.02 Å². The summed E-state index contributed by atoms with van der Waals surface area (Å²) in [7, 11) is 0. The van der Waals surface area contributed by atoms with E-state index in [0.29, 0.717) is 6.42 Å². The van der Waals surface area contributed by atoms with Crippen molar-refractivity contribution in [3.05, 3.63) is 74.8 Å². The number of amides is 1. The summed E-state index contributed by atoms with van der Waals surface area (Å²) in [5, 5.41) is 23.8. The van der Waals surface area contributed by atoms with Crippen LogP contribution in [0.3, 0.4) is 0 Å². The van der Waals surface area contributed by atoms with E-state index in [2.05, 4.69) is 5.32 Å². The third kappa shape index (κ3) is 4.78. The average molecular weight is 349 g/mol. The molecule has 0 spiro atoms. The minimum Gasteiger partial charge on any atom is -0.391 e. The van der Waals surface area contributed by atoms with Crippen molar-refractivity contribution in [3.63, 3.8) is 0 Å². The molecular weight excluding hydrogens is 332 g/mol. The fraction of sp³-hybridized carbons (Fsp3) is 0.235. The molecule has 7 heteroatoms. The normalized spacial score (nSPS) is 13.1. The number of rotatable bonds is 6. The van der Waals surface area contributed by atoms with Gasteiger partial charge in [-0.25, -0.2) is 0 Å². The summed E-state index contributed by atoms with van der Waals surface area (Å²) in [4.78, 5) is 22.5. The summed E-state index contributed by atoms with van der Waals surface area (Å²) in [6.45, 7) is 1.67. The molecule has 0 aliphatic carbocycles. The second-order valence-corrected chi connectivity index (χ2v) is 5.91. The maximum Gasteiger partial charge on any atom is 0.271 e. The molecule has 0 radical (unpaired) electrons. The molecule has 0 aliphatic rings. The van der Waals surface area contributed by atoms with Gasteiger partial charge in [0.1, 0.15) is 0 Å². The zero-order chi connectivity index (χ0) is 17.7. The van der Waals surface area contributed by atoms with Crippen molar-refractivity contribution in [2.45, 2.75) is 25.5 Å². The maximum atomic E-state index is 12.2. The average Bonchev–Trinajstić information content (AvgIpc) is 2.55. The fourth-order valence-corrected chi connectivity index (χ4v) is 2.46. The molecule has 0 bridgehead atoms. The number of aliphatic hydroxyl groups excluding tert-OH is 1. The first-order valence-corrected chi connectivity index (χ1v) is 7.72. The summed E-state index contributed by atoms with van der Waals surface area (Å²) >= 11 is 5.81. The van der Waals surface area contributed by atoms with Crippen LogP contribution in [0.1, 0.15) is 22.8 Å². The van der Waals surface area contributed by atoms with E-state index in [4.69, 9.17) is 11.6 Å². The first-order valence-electron chi connectivity index (χ1n) is 7.34. The quantitative estimate of drug-likeness (QED) is 0.620. The first-order chi connectivity index (χ1) is 11.4. The molecule has 0 fully saturated rings. The van der Waals surface area contributed by atoms with Crippen LogP contribution in [0.5, 0.6) is 0 Å². The largest absolute Gasteiger partial charge is 0.391 e. The number of hydrogen-bond acceptors (Lipinski definition) is 4. The Morgan fingerprint density at radius 1 is 1.29 bits per heavy atom. The van der Waals surface area contributed by atoms with Gasteiger partial charge in [0.15, 0.2) is 0 Å². The molecule has 2 rings (SSSR count). The van der Waals surface area contributed by atoms with E-state index in [-0.39, 0.29) is 16.3 Å². The Labute approximate surface area is 144 Å². The molecule has 0 aliphatic heterocycles. The van der Waals surface area contributed by atoms with Gasteiger partial charge >= 0.3 is 0 Å². The molecular formula is C17H17ClN2O4. The zero-order valence-electron chi connectivity index (χ0n) is 13.0. The van der Waals surface area contributed by atoms with Gasteiger partial charge in [-0.1, -0.05) is 41.9 Å². The number of nitrogens with zero attached hydrogens (tertiary/aromatic N) is 1. The lowest BCUT2D eigenvalue weighted by Crippen LogP contribution is -2.42. The van der Waals surface area contributed by atoms with Gasteiger partial charge in [-0.05, 0) is 18.6 Å². The minimum atomic E-state index is -0.787. The van der Waals surface area contributed by atoms with Crippen LogP contribution in [0.15, 0.2) is 48.5 Å². The number of nitro groups is 1.